The van der Waals surface area contributed by atoms with Gasteiger partial charge in [0.05, 0.1) is 5.56 Å². The van der Waals surface area contributed by atoms with Gasteiger partial charge in [0, 0.05) is 21.7 Å². The lowest BCUT2D eigenvalue weighted by Crippen LogP contribution is -2.23. The lowest BCUT2D eigenvalue weighted by atomic mass is 10.1. The molecule has 0 unspecified atom stereocenters. The molecule has 0 aromatic heterocycles. The molecule has 0 atom stereocenters. The predicted octanol–water partition coefficient (Wildman–Crippen LogP) is 3.61. The number of para-hydroxylation sites is 1. The fourth-order valence-electron chi connectivity index (χ4n) is 1.64. The monoisotopic (exact) mass is 338 g/mol. The van der Waals surface area contributed by atoms with E-state index in [1.54, 1.807) is 24.3 Å². The van der Waals surface area contributed by atoms with E-state index in [0.29, 0.717) is 27.3 Å². The van der Waals surface area contributed by atoms with Crippen LogP contribution in [0, 0.1) is 0 Å². The average molecular weight is 340 g/mol. The minimum absolute atomic E-state index is 0.174. The number of halogens is 2. The van der Waals surface area contributed by atoms with E-state index in [0.717, 1.165) is 5.56 Å². The van der Waals surface area contributed by atoms with Gasteiger partial charge in [-0.05, 0) is 45.8 Å². The van der Waals surface area contributed by atoms with Crippen LogP contribution >= 0.6 is 27.5 Å². The largest absolute Gasteiger partial charge is 0.398 e. The van der Waals surface area contributed by atoms with Gasteiger partial charge in [0.2, 0.25) is 0 Å². The molecule has 0 fully saturated rings. The van der Waals surface area contributed by atoms with Crippen molar-refractivity contribution in [3.63, 3.8) is 0 Å². The van der Waals surface area contributed by atoms with Crippen LogP contribution in [-0.2, 0) is 6.54 Å². The number of amides is 1. The zero-order chi connectivity index (χ0) is 13.8. The van der Waals surface area contributed by atoms with Gasteiger partial charge in [-0.1, -0.05) is 29.8 Å². The van der Waals surface area contributed by atoms with Crippen LogP contribution < -0.4 is 11.1 Å². The SMILES string of the molecule is Nc1ccccc1CNC(=O)c1ccc(Cl)cc1Br. The van der Waals surface area contributed by atoms with Crippen LogP contribution in [0.2, 0.25) is 5.02 Å². The van der Waals surface area contributed by atoms with Crippen LogP contribution in [0.4, 0.5) is 5.69 Å². The number of carbonyl (C=O) groups excluding carboxylic acids is 1. The fraction of sp³-hybridized carbons (Fsp3) is 0.0714. The molecule has 3 N–H and O–H groups in total. The van der Waals surface area contributed by atoms with Crippen molar-refractivity contribution in [2.24, 2.45) is 0 Å². The second kappa shape index (κ2) is 6.08. The molecule has 0 aliphatic heterocycles. The lowest BCUT2D eigenvalue weighted by Gasteiger charge is -2.09. The van der Waals surface area contributed by atoms with Gasteiger partial charge in [0.25, 0.3) is 5.91 Å². The number of benzene rings is 2. The highest BCUT2D eigenvalue weighted by molar-refractivity contribution is 9.10. The van der Waals surface area contributed by atoms with Crippen LogP contribution in [-0.4, -0.2) is 5.91 Å². The summed E-state index contributed by atoms with van der Waals surface area (Å²) in [7, 11) is 0. The first-order chi connectivity index (χ1) is 9.08. The second-order valence-electron chi connectivity index (χ2n) is 4.01. The van der Waals surface area contributed by atoms with E-state index in [1.165, 1.54) is 0 Å². The molecule has 0 saturated carbocycles. The molecule has 0 saturated heterocycles. The van der Waals surface area contributed by atoms with Gasteiger partial charge >= 0.3 is 0 Å². The molecular weight excluding hydrogens is 328 g/mol. The van der Waals surface area contributed by atoms with E-state index in [1.807, 2.05) is 18.2 Å². The minimum atomic E-state index is -0.174. The zero-order valence-corrected chi connectivity index (χ0v) is 12.3. The van der Waals surface area contributed by atoms with Gasteiger partial charge in [-0.2, -0.15) is 0 Å². The average Bonchev–Trinajstić information content (AvgIpc) is 2.37. The van der Waals surface area contributed by atoms with Gasteiger partial charge in [0.1, 0.15) is 0 Å². The Hall–Kier alpha value is -1.52. The van der Waals surface area contributed by atoms with Crippen LogP contribution in [0.25, 0.3) is 0 Å². The van der Waals surface area contributed by atoms with Crippen molar-refractivity contribution in [1.82, 2.24) is 5.32 Å². The van der Waals surface area contributed by atoms with Gasteiger partial charge in [-0.3, -0.25) is 4.79 Å². The van der Waals surface area contributed by atoms with Gasteiger partial charge in [-0.25, -0.2) is 0 Å². The third-order valence-electron chi connectivity index (χ3n) is 2.67. The van der Waals surface area contributed by atoms with Gasteiger partial charge in [-0.15, -0.1) is 0 Å². The standard InChI is InChI=1S/C14H12BrClN2O/c15-12-7-10(16)5-6-11(12)14(19)18-8-9-3-1-2-4-13(9)17/h1-7H,8,17H2,(H,18,19). The number of carbonyl (C=O) groups is 1. The molecule has 0 aliphatic rings. The van der Waals surface area contributed by atoms with Crippen molar-refractivity contribution in [2.45, 2.75) is 6.54 Å². The Labute approximate surface area is 124 Å². The van der Waals surface area contributed by atoms with Gasteiger partial charge in [0.15, 0.2) is 0 Å². The Morgan fingerprint density at radius 3 is 2.68 bits per heavy atom. The van der Waals surface area contributed by atoms with Crippen LogP contribution in [0.5, 0.6) is 0 Å². The van der Waals surface area contributed by atoms with E-state index < -0.39 is 0 Å². The molecule has 0 aliphatic carbocycles. The summed E-state index contributed by atoms with van der Waals surface area (Å²) in [5.74, 6) is -0.174. The van der Waals surface area contributed by atoms with Crippen molar-refractivity contribution < 1.29 is 4.79 Å². The molecule has 2 rings (SSSR count). The second-order valence-corrected chi connectivity index (χ2v) is 5.30. The van der Waals surface area contributed by atoms with Crippen molar-refractivity contribution >= 4 is 39.1 Å². The summed E-state index contributed by atoms with van der Waals surface area (Å²) < 4.78 is 0.665. The topological polar surface area (TPSA) is 55.1 Å². The Balaban J connectivity index is 2.08. The van der Waals surface area contributed by atoms with Crippen LogP contribution in [0.1, 0.15) is 15.9 Å². The maximum Gasteiger partial charge on any atom is 0.252 e. The molecule has 98 valence electrons. The summed E-state index contributed by atoms with van der Waals surface area (Å²) in [6, 6.07) is 12.5. The highest BCUT2D eigenvalue weighted by Crippen LogP contribution is 2.21. The first-order valence-electron chi connectivity index (χ1n) is 5.64. The Morgan fingerprint density at radius 1 is 1.26 bits per heavy atom. The molecule has 0 bridgehead atoms. The van der Waals surface area contributed by atoms with Gasteiger partial charge < -0.3 is 11.1 Å². The quantitative estimate of drug-likeness (QED) is 0.839. The number of hydrogen-bond acceptors (Lipinski definition) is 2. The van der Waals surface area contributed by atoms with E-state index in [-0.39, 0.29) is 5.91 Å². The fourth-order valence-corrected chi connectivity index (χ4v) is 2.50. The van der Waals surface area contributed by atoms with E-state index in [2.05, 4.69) is 21.2 Å². The summed E-state index contributed by atoms with van der Waals surface area (Å²) in [5, 5.41) is 3.40. The first kappa shape index (κ1) is 13.9. The summed E-state index contributed by atoms with van der Waals surface area (Å²) in [5.41, 5.74) is 7.91. The van der Waals surface area contributed by atoms with Crippen molar-refractivity contribution in [3.05, 3.63) is 63.1 Å². The van der Waals surface area contributed by atoms with Crippen molar-refractivity contribution in [1.29, 1.82) is 0 Å². The summed E-state index contributed by atoms with van der Waals surface area (Å²) >= 11 is 9.16. The molecule has 1 amide bonds. The molecule has 19 heavy (non-hydrogen) atoms. The predicted molar refractivity (Wildman–Crippen MR) is 81.2 cm³/mol. The zero-order valence-electron chi connectivity index (χ0n) is 9.99. The number of nitrogens with two attached hydrogens (primary N) is 1. The molecule has 0 spiro atoms. The lowest BCUT2D eigenvalue weighted by molar-refractivity contribution is 0.0950. The van der Waals surface area contributed by atoms with Crippen molar-refractivity contribution in [2.75, 3.05) is 5.73 Å². The molecule has 5 heteroatoms. The van der Waals surface area contributed by atoms with E-state index >= 15 is 0 Å². The molecule has 0 heterocycles. The van der Waals surface area contributed by atoms with Crippen LogP contribution in [0.3, 0.4) is 0 Å². The maximum atomic E-state index is 12.0. The smallest absolute Gasteiger partial charge is 0.252 e. The molecule has 2 aromatic rings. The Kier molecular flexibility index (Phi) is 4.45. The molecule has 3 nitrogen and oxygen atoms in total. The third-order valence-corrected chi connectivity index (χ3v) is 3.56. The molecular formula is C14H12BrClN2O. The number of anilines is 1. The molecule has 2 aromatic carbocycles. The molecule has 0 radical (unpaired) electrons. The minimum Gasteiger partial charge on any atom is -0.398 e. The van der Waals surface area contributed by atoms with Crippen molar-refractivity contribution in [3.8, 4) is 0 Å². The third kappa shape index (κ3) is 3.49. The summed E-state index contributed by atoms with van der Waals surface area (Å²) in [6.45, 7) is 0.389. The first-order valence-corrected chi connectivity index (χ1v) is 6.81. The number of nitrogens with one attached hydrogen (secondary N) is 1. The number of rotatable bonds is 3. The highest BCUT2D eigenvalue weighted by atomic mass is 79.9. The Morgan fingerprint density at radius 2 is 2.00 bits per heavy atom. The van der Waals surface area contributed by atoms with E-state index in [9.17, 15) is 4.79 Å². The summed E-state index contributed by atoms with van der Waals surface area (Å²) in [6.07, 6.45) is 0. The van der Waals surface area contributed by atoms with E-state index in [4.69, 9.17) is 17.3 Å². The van der Waals surface area contributed by atoms with Crippen LogP contribution in [0.15, 0.2) is 46.9 Å². The maximum absolute atomic E-state index is 12.0. The number of nitrogen functional groups attached to an aromatic ring is 1. The number of hydrogen-bond donors (Lipinski definition) is 2. The highest BCUT2D eigenvalue weighted by Gasteiger charge is 2.10. The Bertz CT molecular complexity index is 616. The normalized spacial score (nSPS) is 10.2. The summed E-state index contributed by atoms with van der Waals surface area (Å²) in [4.78, 5) is 12.0.